The minimum absolute atomic E-state index is 0.394. The average molecular weight is 260 g/mol. The normalized spacial score (nSPS) is 23.7. The van der Waals surface area contributed by atoms with E-state index in [0.717, 1.165) is 45.6 Å². The molecule has 2 aliphatic rings. The minimum atomic E-state index is -0.394. The van der Waals surface area contributed by atoms with Crippen molar-refractivity contribution in [1.29, 1.82) is 0 Å². The molecule has 0 unspecified atom stereocenters. The van der Waals surface area contributed by atoms with Gasteiger partial charge in [-0.2, -0.15) is 0 Å². The predicted octanol–water partition coefficient (Wildman–Crippen LogP) is 2.11. The monoisotopic (exact) mass is 260 g/mol. The molecule has 3 heteroatoms. The molecule has 0 radical (unpaired) electrons. The summed E-state index contributed by atoms with van der Waals surface area (Å²) in [5.74, 6) is 0. The summed E-state index contributed by atoms with van der Waals surface area (Å²) in [5.41, 5.74) is 0.927. The van der Waals surface area contributed by atoms with Gasteiger partial charge in [0.15, 0.2) is 0 Å². The lowest BCUT2D eigenvalue weighted by Gasteiger charge is -2.39. The minimum Gasteiger partial charge on any atom is -0.389 e. The van der Waals surface area contributed by atoms with Gasteiger partial charge in [-0.25, -0.2) is 0 Å². The summed E-state index contributed by atoms with van der Waals surface area (Å²) in [4.78, 5) is 4.87. The first-order chi connectivity index (χ1) is 9.25. The van der Waals surface area contributed by atoms with Crippen LogP contribution in [0.15, 0.2) is 30.3 Å². The van der Waals surface area contributed by atoms with Gasteiger partial charge >= 0.3 is 0 Å². The van der Waals surface area contributed by atoms with Crippen LogP contribution >= 0.6 is 0 Å². The van der Waals surface area contributed by atoms with Crippen molar-refractivity contribution in [3.8, 4) is 0 Å². The molecule has 1 aromatic carbocycles. The molecule has 3 rings (SSSR count). The van der Waals surface area contributed by atoms with E-state index in [1.807, 2.05) is 0 Å². The molecule has 0 amide bonds. The highest BCUT2D eigenvalue weighted by atomic mass is 16.3. The van der Waals surface area contributed by atoms with Gasteiger partial charge in [0.1, 0.15) is 0 Å². The molecule has 0 spiro atoms. The van der Waals surface area contributed by atoms with Crippen LogP contribution < -0.4 is 4.90 Å². The van der Waals surface area contributed by atoms with Gasteiger partial charge in [-0.05, 0) is 25.0 Å². The van der Waals surface area contributed by atoms with Crippen LogP contribution in [-0.2, 0) is 0 Å². The average Bonchev–Trinajstić information content (AvgIpc) is 2.87. The highest BCUT2D eigenvalue weighted by molar-refractivity contribution is 5.46. The van der Waals surface area contributed by atoms with Crippen molar-refractivity contribution in [1.82, 2.24) is 4.90 Å². The Morgan fingerprint density at radius 1 is 0.947 bits per heavy atom. The number of nitrogens with zero attached hydrogens (tertiary/aromatic N) is 2. The second-order valence-corrected chi connectivity index (χ2v) is 6.03. The molecule has 0 bridgehead atoms. The van der Waals surface area contributed by atoms with E-state index >= 15 is 0 Å². The molecular weight excluding hydrogens is 236 g/mol. The van der Waals surface area contributed by atoms with Gasteiger partial charge in [-0.15, -0.1) is 0 Å². The molecule has 1 N–H and O–H groups in total. The fraction of sp³-hybridized carbons (Fsp3) is 0.625. The van der Waals surface area contributed by atoms with Crippen molar-refractivity contribution in [2.75, 3.05) is 37.6 Å². The van der Waals surface area contributed by atoms with E-state index in [4.69, 9.17) is 0 Å². The summed E-state index contributed by atoms with van der Waals surface area (Å²) in [6, 6.07) is 10.6. The summed E-state index contributed by atoms with van der Waals surface area (Å²) in [5, 5.41) is 10.5. The van der Waals surface area contributed by atoms with Gasteiger partial charge in [-0.1, -0.05) is 31.0 Å². The van der Waals surface area contributed by atoms with Gasteiger partial charge in [-0.3, -0.25) is 4.90 Å². The maximum Gasteiger partial charge on any atom is 0.0774 e. The lowest BCUT2D eigenvalue weighted by Crippen LogP contribution is -2.51. The van der Waals surface area contributed by atoms with E-state index < -0.39 is 5.60 Å². The van der Waals surface area contributed by atoms with E-state index in [1.54, 1.807) is 0 Å². The van der Waals surface area contributed by atoms with Gasteiger partial charge in [0.25, 0.3) is 0 Å². The zero-order chi connectivity index (χ0) is 13.1. The first kappa shape index (κ1) is 12.9. The van der Waals surface area contributed by atoms with Crippen molar-refractivity contribution < 1.29 is 5.11 Å². The Balaban J connectivity index is 1.52. The summed E-state index contributed by atoms with van der Waals surface area (Å²) in [6.45, 7) is 5.14. The van der Waals surface area contributed by atoms with Gasteiger partial charge < -0.3 is 10.0 Å². The molecular formula is C16H24N2O. The van der Waals surface area contributed by atoms with E-state index in [0.29, 0.717) is 0 Å². The molecule has 1 aromatic rings. The predicted molar refractivity (Wildman–Crippen MR) is 78.5 cm³/mol. The zero-order valence-electron chi connectivity index (χ0n) is 11.6. The first-order valence-corrected chi connectivity index (χ1v) is 7.50. The molecule has 0 atom stereocenters. The summed E-state index contributed by atoms with van der Waals surface area (Å²) in [6.07, 6.45) is 4.37. The Hall–Kier alpha value is -1.06. The third kappa shape index (κ3) is 3.10. The lowest BCUT2D eigenvalue weighted by atomic mass is 10.0. The topological polar surface area (TPSA) is 26.7 Å². The second-order valence-electron chi connectivity index (χ2n) is 6.03. The highest BCUT2D eigenvalue weighted by Gasteiger charge is 2.33. The van der Waals surface area contributed by atoms with Crippen LogP contribution in [0.4, 0.5) is 5.69 Å². The van der Waals surface area contributed by atoms with Crippen LogP contribution in [0.3, 0.4) is 0 Å². The summed E-state index contributed by atoms with van der Waals surface area (Å²) >= 11 is 0. The third-order valence-corrected chi connectivity index (χ3v) is 4.55. The smallest absolute Gasteiger partial charge is 0.0774 e. The number of aliphatic hydroxyl groups is 1. The van der Waals surface area contributed by atoms with Crippen molar-refractivity contribution in [3.63, 3.8) is 0 Å². The molecule has 1 heterocycles. The van der Waals surface area contributed by atoms with Crippen LogP contribution in [0.5, 0.6) is 0 Å². The van der Waals surface area contributed by atoms with Gasteiger partial charge in [0, 0.05) is 38.4 Å². The van der Waals surface area contributed by atoms with E-state index in [1.165, 1.54) is 18.5 Å². The molecule has 1 saturated heterocycles. The molecule has 2 fully saturated rings. The number of anilines is 1. The molecule has 104 valence electrons. The second kappa shape index (κ2) is 5.51. The fourth-order valence-corrected chi connectivity index (χ4v) is 3.41. The number of rotatable bonds is 3. The van der Waals surface area contributed by atoms with Crippen LogP contribution in [0.25, 0.3) is 0 Å². The van der Waals surface area contributed by atoms with Crippen LogP contribution in [0.1, 0.15) is 25.7 Å². The number of hydrogen-bond acceptors (Lipinski definition) is 3. The zero-order valence-corrected chi connectivity index (χ0v) is 11.6. The van der Waals surface area contributed by atoms with Crippen molar-refractivity contribution in [2.24, 2.45) is 0 Å². The number of benzene rings is 1. The summed E-state index contributed by atoms with van der Waals surface area (Å²) < 4.78 is 0. The Morgan fingerprint density at radius 2 is 1.58 bits per heavy atom. The molecule has 3 nitrogen and oxygen atoms in total. The Bertz CT molecular complexity index is 392. The summed E-state index contributed by atoms with van der Waals surface area (Å²) in [7, 11) is 0. The number of β-amino-alcohol motifs (C(OH)–C–C–N with tert-alkyl or cyclic N) is 1. The lowest BCUT2D eigenvalue weighted by molar-refractivity contribution is 0.00803. The number of hydrogen-bond donors (Lipinski definition) is 1. The Kier molecular flexibility index (Phi) is 3.76. The van der Waals surface area contributed by atoms with Gasteiger partial charge in [0.05, 0.1) is 5.60 Å². The molecule has 1 aliphatic heterocycles. The number of para-hydroxylation sites is 1. The first-order valence-electron chi connectivity index (χ1n) is 7.50. The van der Waals surface area contributed by atoms with E-state index in [2.05, 4.69) is 40.1 Å². The van der Waals surface area contributed by atoms with Gasteiger partial charge in [0.2, 0.25) is 0 Å². The van der Waals surface area contributed by atoms with Crippen LogP contribution in [-0.4, -0.2) is 48.3 Å². The van der Waals surface area contributed by atoms with Crippen LogP contribution in [0.2, 0.25) is 0 Å². The standard InChI is InChI=1S/C16H24N2O/c19-16(8-4-5-9-16)14-17-10-12-18(13-11-17)15-6-2-1-3-7-15/h1-3,6-7,19H,4-5,8-14H2. The highest BCUT2D eigenvalue weighted by Crippen LogP contribution is 2.30. The third-order valence-electron chi connectivity index (χ3n) is 4.55. The maximum atomic E-state index is 10.5. The SMILES string of the molecule is OC1(CN2CCN(c3ccccc3)CC2)CCCC1. The van der Waals surface area contributed by atoms with E-state index in [-0.39, 0.29) is 0 Å². The fourth-order valence-electron chi connectivity index (χ4n) is 3.41. The van der Waals surface area contributed by atoms with Crippen molar-refractivity contribution >= 4 is 5.69 Å². The van der Waals surface area contributed by atoms with Crippen LogP contribution in [0, 0.1) is 0 Å². The van der Waals surface area contributed by atoms with Crippen molar-refractivity contribution in [2.45, 2.75) is 31.3 Å². The largest absolute Gasteiger partial charge is 0.389 e. The molecule has 0 aromatic heterocycles. The quantitative estimate of drug-likeness (QED) is 0.902. The molecule has 1 saturated carbocycles. The Morgan fingerprint density at radius 3 is 2.21 bits per heavy atom. The molecule has 1 aliphatic carbocycles. The molecule has 19 heavy (non-hydrogen) atoms. The Labute approximate surface area is 115 Å². The number of piperazine rings is 1. The van der Waals surface area contributed by atoms with Crippen molar-refractivity contribution in [3.05, 3.63) is 30.3 Å². The van der Waals surface area contributed by atoms with E-state index in [9.17, 15) is 5.11 Å². The maximum absolute atomic E-state index is 10.5.